The number of nitrogens with zero attached hydrogens (tertiary/aromatic N) is 2. The zero-order valence-electron chi connectivity index (χ0n) is 4.01. The molecule has 0 N–H and O–H groups in total. The molecule has 0 saturated heterocycles. The van der Waals surface area contributed by atoms with Crippen LogP contribution in [0.2, 0.25) is 0 Å². The highest BCUT2D eigenvalue weighted by atomic mass is 35.5. The van der Waals surface area contributed by atoms with E-state index in [2.05, 4.69) is 4.99 Å². The second-order valence-corrected chi connectivity index (χ2v) is 2.12. The zero-order valence-corrected chi connectivity index (χ0v) is 5.52. The molecule has 0 amide bonds. The lowest BCUT2D eigenvalue weighted by Gasteiger charge is -2.12. The lowest BCUT2D eigenvalue weighted by molar-refractivity contribution is 0.673. The lowest BCUT2D eigenvalue weighted by atomic mass is 10.6. The Kier molecular flexibility index (Phi) is 1.76. The molecule has 0 fully saturated rings. The van der Waals surface area contributed by atoms with E-state index in [0.29, 0.717) is 11.7 Å². The molecule has 0 radical (unpaired) electrons. The molecule has 0 aliphatic carbocycles. The molecule has 1 aliphatic rings. The topological polar surface area (TPSA) is 15.6 Å². The highest BCUT2D eigenvalue weighted by Gasteiger charge is 2.03. The van der Waals surface area contributed by atoms with Crippen LogP contribution in [-0.4, -0.2) is 17.2 Å². The molecule has 1 aliphatic heterocycles. The van der Waals surface area contributed by atoms with Crippen LogP contribution in [0.25, 0.3) is 0 Å². The first kappa shape index (κ1) is 5.92. The first-order valence-electron chi connectivity index (χ1n) is 2.11. The van der Waals surface area contributed by atoms with Crippen molar-refractivity contribution in [2.75, 3.05) is 6.54 Å². The third-order valence-electron chi connectivity index (χ3n) is 0.760. The van der Waals surface area contributed by atoms with E-state index in [1.54, 1.807) is 6.21 Å². The summed E-state index contributed by atoms with van der Waals surface area (Å²) in [6.45, 7) is 0.580. The molecule has 1 heterocycles. The van der Waals surface area contributed by atoms with Gasteiger partial charge in [0.15, 0.2) is 0 Å². The molecule has 0 aromatic heterocycles. The van der Waals surface area contributed by atoms with E-state index in [-0.39, 0.29) is 0 Å². The third-order valence-corrected chi connectivity index (χ3v) is 1.47. The van der Waals surface area contributed by atoms with Gasteiger partial charge in [-0.25, -0.2) is 0 Å². The summed E-state index contributed by atoms with van der Waals surface area (Å²) in [6.07, 6.45) is 3.18. The van der Waals surface area contributed by atoms with Gasteiger partial charge in [0.05, 0.1) is 12.7 Å². The van der Waals surface area contributed by atoms with Crippen LogP contribution in [-0.2, 0) is 0 Å². The maximum Gasteiger partial charge on any atom is 0.138 e. The number of hydrogen-bond donors (Lipinski definition) is 0. The van der Waals surface area contributed by atoms with Crippen molar-refractivity contribution in [1.82, 2.24) is 4.42 Å². The van der Waals surface area contributed by atoms with Gasteiger partial charge in [0.25, 0.3) is 0 Å². The van der Waals surface area contributed by atoms with E-state index < -0.39 is 0 Å². The van der Waals surface area contributed by atoms with Gasteiger partial charge >= 0.3 is 0 Å². The molecule has 0 bridgehead atoms. The van der Waals surface area contributed by atoms with Crippen LogP contribution in [0, 0.1) is 0 Å². The molecular formula is C4H4Cl2N2. The molecule has 4 heteroatoms. The van der Waals surface area contributed by atoms with Crippen molar-refractivity contribution in [2.45, 2.75) is 0 Å². The summed E-state index contributed by atoms with van der Waals surface area (Å²) in [7, 11) is 0. The van der Waals surface area contributed by atoms with Crippen molar-refractivity contribution < 1.29 is 0 Å². The molecule has 0 unspecified atom stereocenters. The molecule has 44 valence electrons. The molecule has 2 nitrogen and oxygen atoms in total. The second kappa shape index (κ2) is 2.37. The van der Waals surface area contributed by atoms with Crippen molar-refractivity contribution in [3.63, 3.8) is 0 Å². The van der Waals surface area contributed by atoms with Crippen molar-refractivity contribution in [2.24, 2.45) is 4.99 Å². The Morgan fingerprint density at radius 2 is 2.50 bits per heavy atom. The minimum Gasteiger partial charge on any atom is -0.268 e. The largest absolute Gasteiger partial charge is 0.268 e. The van der Waals surface area contributed by atoms with Gasteiger partial charge < -0.3 is 0 Å². The Balaban J connectivity index is 2.66. The Bertz CT molecular complexity index is 141. The van der Waals surface area contributed by atoms with Crippen LogP contribution in [0.3, 0.4) is 0 Å². The van der Waals surface area contributed by atoms with E-state index in [9.17, 15) is 0 Å². The Morgan fingerprint density at radius 1 is 1.75 bits per heavy atom. The van der Waals surface area contributed by atoms with Gasteiger partial charge in [-0.15, -0.1) is 0 Å². The molecular weight excluding hydrogens is 147 g/mol. The molecule has 0 spiro atoms. The molecule has 8 heavy (non-hydrogen) atoms. The predicted molar refractivity (Wildman–Crippen MR) is 35.0 cm³/mol. The van der Waals surface area contributed by atoms with Gasteiger partial charge in [0.1, 0.15) is 5.16 Å². The Morgan fingerprint density at radius 3 is 2.88 bits per heavy atom. The smallest absolute Gasteiger partial charge is 0.138 e. The molecule has 0 aromatic carbocycles. The monoisotopic (exact) mass is 150 g/mol. The van der Waals surface area contributed by atoms with Crippen LogP contribution in [0.4, 0.5) is 0 Å². The summed E-state index contributed by atoms with van der Waals surface area (Å²) in [5, 5.41) is 0.467. The fraction of sp³-hybridized carbons (Fsp3) is 0.250. The van der Waals surface area contributed by atoms with Crippen LogP contribution in [0.15, 0.2) is 16.3 Å². The second-order valence-electron chi connectivity index (χ2n) is 1.33. The Hall–Kier alpha value is -0.210. The van der Waals surface area contributed by atoms with Crippen molar-refractivity contribution in [3.05, 3.63) is 11.4 Å². The van der Waals surface area contributed by atoms with Crippen molar-refractivity contribution in [1.29, 1.82) is 0 Å². The number of aliphatic imine (C=N–C) groups is 1. The standard InChI is InChI=1S/C4H4Cl2N2/c5-4-3-7-1-2-8(4)6/h1,3H,2H2. The highest BCUT2D eigenvalue weighted by Crippen LogP contribution is 2.13. The number of hydrogen-bond acceptors (Lipinski definition) is 2. The summed E-state index contributed by atoms with van der Waals surface area (Å²) in [5.74, 6) is 0. The van der Waals surface area contributed by atoms with Crippen molar-refractivity contribution >= 4 is 29.6 Å². The molecule has 0 atom stereocenters. The van der Waals surface area contributed by atoms with Crippen molar-refractivity contribution in [3.8, 4) is 0 Å². The normalized spacial score (nSPS) is 18.8. The van der Waals surface area contributed by atoms with Crippen LogP contribution in [0.1, 0.15) is 0 Å². The highest BCUT2D eigenvalue weighted by molar-refractivity contribution is 6.33. The number of rotatable bonds is 0. The first-order valence-corrected chi connectivity index (χ1v) is 2.83. The van der Waals surface area contributed by atoms with Gasteiger partial charge in [0, 0.05) is 18.0 Å². The van der Waals surface area contributed by atoms with Gasteiger partial charge in [-0.05, 0) is 0 Å². The van der Waals surface area contributed by atoms with Gasteiger partial charge in [-0.1, -0.05) is 11.6 Å². The Labute approximate surface area is 57.5 Å². The SMILES string of the molecule is ClC1=CN=CCN1Cl. The lowest BCUT2D eigenvalue weighted by Crippen LogP contribution is -2.13. The quantitative estimate of drug-likeness (QED) is 0.379. The molecule has 0 saturated carbocycles. The maximum absolute atomic E-state index is 5.51. The summed E-state index contributed by atoms with van der Waals surface area (Å²) in [4.78, 5) is 3.76. The summed E-state index contributed by atoms with van der Waals surface area (Å²) >= 11 is 11.0. The average Bonchev–Trinajstić information content (AvgIpc) is 1.77. The van der Waals surface area contributed by atoms with E-state index in [1.807, 2.05) is 0 Å². The van der Waals surface area contributed by atoms with Gasteiger partial charge in [0.2, 0.25) is 0 Å². The van der Waals surface area contributed by atoms with Crippen LogP contribution >= 0.6 is 23.4 Å². The summed E-state index contributed by atoms with van der Waals surface area (Å²) < 4.78 is 1.38. The summed E-state index contributed by atoms with van der Waals surface area (Å²) in [5.41, 5.74) is 0. The van der Waals surface area contributed by atoms with Crippen LogP contribution < -0.4 is 0 Å². The predicted octanol–water partition coefficient (Wildman–Crippen LogP) is 1.56. The zero-order chi connectivity index (χ0) is 5.98. The van der Waals surface area contributed by atoms with E-state index in [4.69, 9.17) is 23.4 Å². The number of halogens is 2. The molecule has 0 aromatic rings. The van der Waals surface area contributed by atoms with E-state index in [1.165, 1.54) is 10.6 Å². The maximum atomic E-state index is 5.51. The molecule has 1 rings (SSSR count). The average molecular weight is 151 g/mol. The fourth-order valence-electron chi connectivity index (χ4n) is 0.383. The van der Waals surface area contributed by atoms with Gasteiger partial charge in [-0.2, -0.15) is 0 Å². The van der Waals surface area contributed by atoms with E-state index >= 15 is 0 Å². The first-order chi connectivity index (χ1) is 3.80. The van der Waals surface area contributed by atoms with Crippen LogP contribution in [0.5, 0.6) is 0 Å². The minimum atomic E-state index is 0.467. The van der Waals surface area contributed by atoms with E-state index in [0.717, 1.165) is 0 Å². The third kappa shape index (κ3) is 1.14. The minimum absolute atomic E-state index is 0.467. The fourth-order valence-corrected chi connectivity index (χ4v) is 0.614. The summed E-state index contributed by atoms with van der Waals surface area (Å²) in [6, 6.07) is 0. The van der Waals surface area contributed by atoms with Gasteiger partial charge in [-0.3, -0.25) is 9.41 Å².